The molecule has 7 nitrogen and oxygen atoms in total. The molecule has 0 aliphatic carbocycles. The topological polar surface area (TPSA) is 81.9 Å². The Labute approximate surface area is 165 Å². The fourth-order valence-electron chi connectivity index (χ4n) is 2.76. The highest BCUT2D eigenvalue weighted by Gasteiger charge is 2.12. The van der Waals surface area contributed by atoms with Crippen molar-refractivity contribution in [2.75, 3.05) is 18.2 Å². The molecule has 0 radical (unpaired) electrons. The summed E-state index contributed by atoms with van der Waals surface area (Å²) in [6, 6.07) is 17.1. The van der Waals surface area contributed by atoms with Gasteiger partial charge in [-0.3, -0.25) is 14.3 Å². The van der Waals surface area contributed by atoms with Crippen LogP contribution in [0.25, 0.3) is 16.6 Å². The van der Waals surface area contributed by atoms with E-state index >= 15 is 0 Å². The van der Waals surface area contributed by atoms with E-state index in [1.807, 2.05) is 59.2 Å². The molecule has 2 aromatic heterocycles. The number of fused-ring (bicyclic) bond motifs is 1. The van der Waals surface area contributed by atoms with E-state index in [9.17, 15) is 4.79 Å². The Morgan fingerprint density at radius 3 is 2.79 bits per heavy atom. The lowest BCUT2D eigenvalue weighted by Crippen LogP contribution is -2.15. The van der Waals surface area contributed by atoms with E-state index in [2.05, 4.69) is 20.5 Å². The summed E-state index contributed by atoms with van der Waals surface area (Å²) in [6.45, 7) is 0. The molecule has 4 rings (SSSR count). The highest BCUT2D eigenvalue weighted by Crippen LogP contribution is 2.23. The minimum atomic E-state index is -0.132. The zero-order valence-corrected chi connectivity index (χ0v) is 15.9. The van der Waals surface area contributed by atoms with Crippen LogP contribution in [0.15, 0.2) is 72.3 Å². The molecule has 1 N–H and O–H groups in total. The van der Waals surface area contributed by atoms with E-state index in [0.29, 0.717) is 10.8 Å². The molecule has 0 aliphatic rings. The molecule has 2 aromatic carbocycles. The van der Waals surface area contributed by atoms with Crippen LogP contribution in [0, 0.1) is 0 Å². The first kappa shape index (κ1) is 18.0. The molecule has 0 saturated carbocycles. The monoisotopic (exact) mass is 391 g/mol. The van der Waals surface area contributed by atoms with Gasteiger partial charge in [0, 0.05) is 17.3 Å². The molecule has 0 aliphatic heterocycles. The zero-order valence-electron chi connectivity index (χ0n) is 15.1. The van der Waals surface area contributed by atoms with Gasteiger partial charge in [0.05, 0.1) is 24.1 Å². The van der Waals surface area contributed by atoms with Crippen LogP contribution >= 0.6 is 11.8 Å². The summed E-state index contributed by atoms with van der Waals surface area (Å²) in [5.41, 5.74) is 2.36. The second-order valence-electron chi connectivity index (χ2n) is 5.90. The van der Waals surface area contributed by atoms with Crippen LogP contribution in [0.3, 0.4) is 0 Å². The molecule has 4 aromatic rings. The molecular formula is C20H17N5O2S. The first-order valence-corrected chi connectivity index (χ1v) is 9.54. The van der Waals surface area contributed by atoms with E-state index < -0.39 is 0 Å². The zero-order chi connectivity index (χ0) is 19.3. The third kappa shape index (κ3) is 3.81. The third-order valence-electron chi connectivity index (χ3n) is 4.11. The molecule has 0 fully saturated rings. The van der Waals surface area contributed by atoms with Crippen LogP contribution in [-0.2, 0) is 4.79 Å². The number of anilines is 1. The molecule has 140 valence electrons. The van der Waals surface area contributed by atoms with Crippen molar-refractivity contribution in [2.24, 2.45) is 0 Å². The molecule has 0 bridgehead atoms. The van der Waals surface area contributed by atoms with E-state index in [0.717, 1.165) is 22.3 Å². The lowest BCUT2D eigenvalue weighted by molar-refractivity contribution is -0.113. The number of para-hydroxylation sites is 1. The molecule has 0 unspecified atom stereocenters. The minimum absolute atomic E-state index is 0.132. The molecule has 0 atom stereocenters. The Morgan fingerprint density at radius 2 is 1.96 bits per heavy atom. The van der Waals surface area contributed by atoms with Gasteiger partial charge in [0.1, 0.15) is 12.1 Å². The number of nitrogens with one attached hydrogen (secondary N) is 1. The second kappa shape index (κ2) is 8.10. The highest BCUT2D eigenvalue weighted by atomic mass is 32.2. The van der Waals surface area contributed by atoms with Gasteiger partial charge >= 0.3 is 0 Å². The standard InChI is InChI=1S/C20H17N5O2S/c1-27-16-9-7-15(8-10-16)25-13-22-24-20(25)28-12-18(26)23-17-6-2-4-14-5-3-11-21-19(14)17/h2-11,13H,12H2,1H3,(H,23,26). The summed E-state index contributed by atoms with van der Waals surface area (Å²) >= 11 is 1.32. The van der Waals surface area contributed by atoms with Gasteiger partial charge in [-0.05, 0) is 36.4 Å². The van der Waals surface area contributed by atoms with E-state index in [1.54, 1.807) is 19.6 Å². The average molecular weight is 391 g/mol. The predicted molar refractivity (Wildman–Crippen MR) is 109 cm³/mol. The first-order valence-electron chi connectivity index (χ1n) is 8.55. The summed E-state index contributed by atoms with van der Waals surface area (Å²) in [7, 11) is 1.62. The smallest absolute Gasteiger partial charge is 0.234 e. The van der Waals surface area contributed by atoms with Crippen molar-refractivity contribution in [3.63, 3.8) is 0 Å². The van der Waals surface area contributed by atoms with Gasteiger partial charge in [0.15, 0.2) is 5.16 Å². The maximum absolute atomic E-state index is 12.4. The number of benzene rings is 2. The fraction of sp³-hybridized carbons (Fsp3) is 0.100. The quantitative estimate of drug-likeness (QED) is 0.506. The number of methoxy groups -OCH3 is 1. The number of amides is 1. The molecule has 0 saturated heterocycles. The van der Waals surface area contributed by atoms with Gasteiger partial charge < -0.3 is 10.1 Å². The van der Waals surface area contributed by atoms with Crippen LogP contribution in [0.4, 0.5) is 5.69 Å². The minimum Gasteiger partial charge on any atom is -0.497 e. The third-order valence-corrected chi connectivity index (χ3v) is 5.05. The lowest BCUT2D eigenvalue weighted by Gasteiger charge is -2.09. The van der Waals surface area contributed by atoms with Gasteiger partial charge in [-0.15, -0.1) is 10.2 Å². The van der Waals surface area contributed by atoms with Gasteiger partial charge in [-0.25, -0.2) is 0 Å². The number of aromatic nitrogens is 4. The Balaban J connectivity index is 1.45. The van der Waals surface area contributed by atoms with Crippen molar-refractivity contribution in [1.29, 1.82) is 0 Å². The number of hydrogen-bond donors (Lipinski definition) is 1. The van der Waals surface area contributed by atoms with Crippen molar-refractivity contribution in [3.8, 4) is 11.4 Å². The van der Waals surface area contributed by atoms with Crippen molar-refractivity contribution in [2.45, 2.75) is 5.16 Å². The van der Waals surface area contributed by atoms with E-state index in [4.69, 9.17) is 4.74 Å². The number of ether oxygens (including phenoxy) is 1. The largest absolute Gasteiger partial charge is 0.497 e. The Morgan fingerprint density at radius 1 is 1.14 bits per heavy atom. The number of thioether (sulfide) groups is 1. The molecule has 28 heavy (non-hydrogen) atoms. The maximum Gasteiger partial charge on any atom is 0.234 e. The average Bonchev–Trinajstić information content (AvgIpc) is 3.21. The molecule has 0 spiro atoms. The van der Waals surface area contributed by atoms with Crippen molar-refractivity contribution in [3.05, 3.63) is 67.1 Å². The first-order chi connectivity index (χ1) is 13.7. The molecule has 2 heterocycles. The highest BCUT2D eigenvalue weighted by molar-refractivity contribution is 7.99. The number of pyridine rings is 1. The predicted octanol–water partition coefficient (Wildman–Crippen LogP) is 3.55. The van der Waals surface area contributed by atoms with E-state index in [1.165, 1.54) is 11.8 Å². The number of carbonyl (C=O) groups excluding carboxylic acids is 1. The van der Waals surface area contributed by atoms with Crippen LogP contribution in [0.5, 0.6) is 5.75 Å². The SMILES string of the molecule is COc1ccc(-n2cnnc2SCC(=O)Nc2cccc3cccnc23)cc1. The number of hydrogen-bond acceptors (Lipinski definition) is 6. The summed E-state index contributed by atoms with van der Waals surface area (Å²) in [5.74, 6) is 0.847. The Kier molecular flexibility index (Phi) is 5.20. The fourth-order valence-corrected chi connectivity index (χ4v) is 3.49. The summed E-state index contributed by atoms with van der Waals surface area (Å²) in [5, 5.41) is 12.6. The van der Waals surface area contributed by atoms with Crippen LogP contribution in [-0.4, -0.2) is 38.5 Å². The Bertz CT molecular complexity index is 1110. The van der Waals surface area contributed by atoms with Gasteiger partial charge in [0.2, 0.25) is 5.91 Å². The second-order valence-corrected chi connectivity index (χ2v) is 6.84. The number of rotatable bonds is 6. The van der Waals surface area contributed by atoms with Crippen LogP contribution in [0.2, 0.25) is 0 Å². The lowest BCUT2D eigenvalue weighted by atomic mass is 10.2. The summed E-state index contributed by atoms with van der Waals surface area (Å²) in [6.07, 6.45) is 3.33. The molecule has 8 heteroatoms. The summed E-state index contributed by atoms with van der Waals surface area (Å²) in [4.78, 5) is 16.8. The van der Waals surface area contributed by atoms with Crippen molar-refractivity contribution < 1.29 is 9.53 Å². The van der Waals surface area contributed by atoms with Crippen LogP contribution < -0.4 is 10.1 Å². The molecular weight excluding hydrogens is 374 g/mol. The van der Waals surface area contributed by atoms with Gasteiger partial charge in [0.25, 0.3) is 0 Å². The normalized spacial score (nSPS) is 10.8. The van der Waals surface area contributed by atoms with Crippen molar-refractivity contribution in [1.82, 2.24) is 19.7 Å². The van der Waals surface area contributed by atoms with Crippen LogP contribution in [0.1, 0.15) is 0 Å². The maximum atomic E-state index is 12.4. The van der Waals surface area contributed by atoms with Crippen molar-refractivity contribution >= 4 is 34.3 Å². The van der Waals surface area contributed by atoms with E-state index in [-0.39, 0.29) is 11.7 Å². The van der Waals surface area contributed by atoms with Gasteiger partial charge in [-0.1, -0.05) is 30.0 Å². The number of nitrogens with zero attached hydrogens (tertiary/aromatic N) is 4. The van der Waals surface area contributed by atoms with Gasteiger partial charge in [-0.2, -0.15) is 0 Å². The summed E-state index contributed by atoms with van der Waals surface area (Å²) < 4.78 is 7.01. The number of carbonyl (C=O) groups is 1. The Hall–Kier alpha value is -3.39. The molecule has 1 amide bonds.